The molecule has 1 rings (SSSR count). The van der Waals surface area contributed by atoms with Crippen LogP contribution in [-0.4, -0.2) is 30.2 Å². The Balaban J connectivity index is 2.57. The van der Waals surface area contributed by atoms with Crippen LogP contribution in [0.3, 0.4) is 0 Å². The molecule has 0 bridgehead atoms. The molecule has 0 radical (unpaired) electrons. The Hall–Kier alpha value is -0.0975. The van der Waals surface area contributed by atoms with E-state index in [4.69, 9.17) is 4.74 Å². The molecule has 0 saturated heterocycles. The van der Waals surface area contributed by atoms with Gasteiger partial charge < -0.3 is 0 Å². The number of allylic oxidation sites excluding steroid dienone is 1. The minimum atomic E-state index is 0.726. The molecule has 0 unspecified atom stereocenters. The summed E-state index contributed by atoms with van der Waals surface area (Å²) in [6, 6.07) is 0. The summed E-state index contributed by atoms with van der Waals surface area (Å²) in [4.78, 5) is 2.17. The fourth-order valence-electron chi connectivity index (χ4n) is 1.30. The summed E-state index contributed by atoms with van der Waals surface area (Å²) in [5.41, 5.74) is 1.38. The summed E-state index contributed by atoms with van der Waals surface area (Å²) < 4.78 is 6.26. The molecule has 0 amide bonds. The number of hydrogen-bond donors (Lipinski definition) is 0. The molecule has 0 spiro atoms. The van der Waals surface area contributed by atoms with E-state index in [1.807, 2.05) is 6.92 Å². The third-order valence-corrected chi connectivity index (χ3v) is 2.43. The van der Waals surface area contributed by atoms with Crippen LogP contribution in [0.5, 0.6) is 0 Å². The standard InChI is InChI=1S/C10H17NO.Cr/c1-4-12-8-7-10(11(2)3)9-5-6-9;/h7,9H,4-6H2,1-3H3;/b10-7+;. The Morgan fingerprint density at radius 3 is 2.54 bits per heavy atom. The van der Waals surface area contributed by atoms with Crippen molar-refractivity contribution in [2.75, 3.05) is 20.7 Å². The van der Waals surface area contributed by atoms with Crippen LogP contribution in [0.4, 0.5) is 0 Å². The van der Waals surface area contributed by atoms with Crippen molar-refractivity contribution in [2.24, 2.45) is 5.92 Å². The van der Waals surface area contributed by atoms with Crippen LogP contribution in [0.15, 0.2) is 11.8 Å². The van der Waals surface area contributed by atoms with E-state index in [0.717, 1.165) is 17.1 Å². The SMILES string of the molecule is CCO[C](=[Cr])/C=C(\C1CC1)N(C)C. The predicted molar refractivity (Wildman–Crippen MR) is 51.1 cm³/mol. The Labute approximate surface area is 88.5 Å². The first-order valence-electron chi connectivity index (χ1n) is 4.70. The first-order valence-corrected chi connectivity index (χ1v) is 5.34. The zero-order valence-corrected chi connectivity index (χ0v) is 9.81. The molecule has 0 heterocycles. The first kappa shape index (κ1) is 11.0. The molecular formula is C10H17CrNO. The van der Waals surface area contributed by atoms with E-state index in [-0.39, 0.29) is 0 Å². The molecule has 0 atom stereocenters. The van der Waals surface area contributed by atoms with Gasteiger partial charge in [-0.1, -0.05) is 0 Å². The monoisotopic (exact) mass is 219 g/mol. The summed E-state index contributed by atoms with van der Waals surface area (Å²) in [6.07, 6.45) is 4.76. The van der Waals surface area contributed by atoms with Crippen LogP contribution in [0.1, 0.15) is 19.8 Å². The van der Waals surface area contributed by atoms with Crippen molar-refractivity contribution < 1.29 is 20.6 Å². The van der Waals surface area contributed by atoms with Crippen LogP contribution in [0.2, 0.25) is 0 Å². The zero-order valence-electron chi connectivity index (χ0n) is 8.54. The van der Waals surface area contributed by atoms with Crippen molar-refractivity contribution in [1.29, 1.82) is 0 Å². The van der Waals surface area contributed by atoms with Gasteiger partial charge in [-0.2, -0.15) is 0 Å². The van der Waals surface area contributed by atoms with E-state index in [1.165, 1.54) is 18.5 Å². The van der Waals surface area contributed by atoms with Gasteiger partial charge >= 0.3 is 88.2 Å². The number of ether oxygens (including phenoxy) is 1. The number of rotatable bonds is 5. The fourth-order valence-corrected chi connectivity index (χ4v) is 1.67. The predicted octanol–water partition coefficient (Wildman–Crippen LogP) is 1.56. The van der Waals surface area contributed by atoms with Gasteiger partial charge in [0, 0.05) is 0 Å². The molecule has 3 heteroatoms. The zero-order chi connectivity index (χ0) is 9.84. The second-order valence-corrected chi connectivity index (χ2v) is 4.12. The minimum absolute atomic E-state index is 0.726. The van der Waals surface area contributed by atoms with E-state index < -0.39 is 0 Å². The van der Waals surface area contributed by atoms with Crippen LogP contribution in [0.25, 0.3) is 0 Å². The molecule has 1 aliphatic rings. The van der Waals surface area contributed by atoms with Gasteiger partial charge in [0.05, 0.1) is 0 Å². The topological polar surface area (TPSA) is 12.5 Å². The Morgan fingerprint density at radius 1 is 1.54 bits per heavy atom. The average Bonchev–Trinajstić information content (AvgIpc) is 2.82. The van der Waals surface area contributed by atoms with E-state index in [0.29, 0.717) is 0 Å². The third-order valence-electron chi connectivity index (χ3n) is 2.06. The van der Waals surface area contributed by atoms with Crippen LogP contribution < -0.4 is 0 Å². The molecule has 0 aliphatic heterocycles. The van der Waals surface area contributed by atoms with Crippen LogP contribution in [-0.2, 0) is 20.6 Å². The van der Waals surface area contributed by atoms with Gasteiger partial charge in [0.1, 0.15) is 0 Å². The van der Waals surface area contributed by atoms with Crippen molar-refractivity contribution in [3.63, 3.8) is 0 Å². The molecule has 74 valence electrons. The van der Waals surface area contributed by atoms with Crippen LogP contribution >= 0.6 is 0 Å². The molecule has 1 saturated carbocycles. The van der Waals surface area contributed by atoms with E-state index in [9.17, 15) is 0 Å². The summed E-state index contributed by atoms with van der Waals surface area (Å²) in [5.74, 6) is 0.763. The van der Waals surface area contributed by atoms with Crippen LogP contribution in [0, 0.1) is 5.92 Å². The van der Waals surface area contributed by atoms with Crippen molar-refractivity contribution in [1.82, 2.24) is 4.90 Å². The summed E-state index contributed by atoms with van der Waals surface area (Å²) >= 11 is 2.94. The van der Waals surface area contributed by atoms with Crippen molar-refractivity contribution >= 4 is 4.57 Å². The molecule has 1 fully saturated rings. The molecular weight excluding hydrogens is 202 g/mol. The molecule has 2 nitrogen and oxygen atoms in total. The molecule has 0 aromatic rings. The second-order valence-electron chi connectivity index (χ2n) is 3.49. The van der Waals surface area contributed by atoms with E-state index >= 15 is 0 Å². The summed E-state index contributed by atoms with van der Waals surface area (Å²) in [7, 11) is 4.17. The van der Waals surface area contributed by atoms with Gasteiger partial charge in [0.15, 0.2) is 0 Å². The maximum absolute atomic E-state index is 5.36. The van der Waals surface area contributed by atoms with Crippen molar-refractivity contribution in [3.8, 4) is 0 Å². The van der Waals surface area contributed by atoms with Gasteiger partial charge in [-0.3, -0.25) is 0 Å². The number of hydrogen-bond acceptors (Lipinski definition) is 2. The maximum atomic E-state index is 5.36. The van der Waals surface area contributed by atoms with Crippen molar-refractivity contribution in [2.45, 2.75) is 19.8 Å². The molecule has 1 aliphatic carbocycles. The quantitative estimate of drug-likeness (QED) is 0.695. The molecule has 0 N–H and O–H groups in total. The van der Waals surface area contributed by atoms with Gasteiger partial charge in [-0.05, 0) is 0 Å². The Kier molecular flexibility index (Phi) is 4.18. The van der Waals surface area contributed by atoms with Gasteiger partial charge in [0.2, 0.25) is 0 Å². The summed E-state index contributed by atoms with van der Waals surface area (Å²) in [5, 5.41) is 0. The van der Waals surface area contributed by atoms with E-state index in [1.54, 1.807) is 0 Å². The normalized spacial score (nSPS) is 17.3. The third kappa shape index (κ3) is 3.64. The molecule has 0 aromatic carbocycles. The molecule has 0 aromatic heterocycles. The van der Waals surface area contributed by atoms with Gasteiger partial charge in [0.25, 0.3) is 0 Å². The van der Waals surface area contributed by atoms with Gasteiger partial charge in [-0.25, -0.2) is 0 Å². The average molecular weight is 219 g/mol. The Morgan fingerprint density at radius 2 is 2.15 bits per heavy atom. The summed E-state index contributed by atoms with van der Waals surface area (Å²) in [6.45, 7) is 2.72. The van der Waals surface area contributed by atoms with E-state index in [2.05, 4.69) is 40.9 Å². The Bertz CT molecular complexity index is 215. The van der Waals surface area contributed by atoms with Crippen molar-refractivity contribution in [3.05, 3.63) is 11.8 Å². The first-order chi connectivity index (χ1) is 6.15. The molecule has 13 heavy (non-hydrogen) atoms. The number of nitrogens with zero attached hydrogens (tertiary/aromatic N) is 1. The fraction of sp³-hybridized carbons (Fsp3) is 0.700. The van der Waals surface area contributed by atoms with Gasteiger partial charge in [-0.15, -0.1) is 0 Å². The second kappa shape index (κ2) is 4.95.